The Kier molecular flexibility index (Phi) is 4.24. The zero-order valence-corrected chi connectivity index (χ0v) is 11.1. The molecule has 0 fully saturated rings. The van der Waals surface area contributed by atoms with Gasteiger partial charge >= 0.3 is 0 Å². The van der Waals surface area contributed by atoms with Crippen LogP contribution in [0.15, 0.2) is 34.5 Å². The van der Waals surface area contributed by atoms with Crippen molar-refractivity contribution >= 4 is 5.91 Å². The number of carbonyl (C=O) groups is 1. The fourth-order valence-corrected chi connectivity index (χ4v) is 2.12. The summed E-state index contributed by atoms with van der Waals surface area (Å²) < 4.78 is 12.9. The Morgan fingerprint density at radius 1 is 1.42 bits per heavy atom. The first kappa shape index (κ1) is 13.6. The summed E-state index contributed by atoms with van der Waals surface area (Å²) >= 11 is 0. The largest absolute Gasteiger partial charge is 0.349 e. The van der Waals surface area contributed by atoms with Crippen LogP contribution in [0.2, 0.25) is 0 Å². The van der Waals surface area contributed by atoms with E-state index in [4.69, 9.17) is 0 Å². The van der Waals surface area contributed by atoms with Crippen molar-refractivity contribution in [2.45, 2.75) is 32.4 Å². The summed E-state index contributed by atoms with van der Waals surface area (Å²) in [4.78, 5) is 11.8. The highest BCUT2D eigenvalue weighted by molar-refractivity contribution is 5.76. The summed E-state index contributed by atoms with van der Waals surface area (Å²) in [5.41, 5.74) is 0.873. The van der Waals surface area contributed by atoms with E-state index in [1.807, 2.05) is 13.8 Å². The van der Waals surface area contributed by atoms with Crippen molar-refractivity contribution in [3.8, 4) is 0 Å². The Morgan fingerprint density at radius 3 is 2.74 bits per heavy atom. The summed E-state index contributed by atoms with van der Waals surface area (Å²) in [5.74, 6) is 0.0537. The summed E-state index contributed by atoms with van der Waals surface area (Å²) in [6.45, 7) is 4.48. The number of rotatable bonds is 4. The highest BCUT2D eigenvalue weighted by Gasteiger charge is 2.28. The summed E-state index contributed by atoms with van der Waals surface area (Å²) in [5, 5.41) is 11.1. The van der Waals surface area contributed by atoms with E-state index in [1.54, 1.807) is 12.1 Å². The van der Waals surface area contributed by atoms with Crippen molar-refractivity contribution in [2.24, 2.45) is 16.1 Å². The highest BCUT2D eigenvalue weighted by Crippen LogP contribution is 2.27. The highest BCUT2D eigenvalue weighted by atomic mass is 19.1. The van der Waals surface area contributed by atoms with Gasteiger partial charge in [-0.2, -0.15) is 10.2 Å². The van der Waals surface area contributed by atoms with E-state index in [0.717, 1.165) is 5.56 Å². The van der Waals surface area contributed by atoms with Gasteiger partial charge in [-0.15, -0.1) is 0 Å². The molecule has 5 heteroatoms. The zero-order chi connectivity index (χ0) is 13.8. The first-order valence-electron chi connectivity index (χ1n) is 6.47. The molecular formula is C14H18FN3O. The van der Waals surface area contributed by atoms with Gasteiger partial charge < -0.3 is 5.32 Å². The van der Waals surface area contributed by atoms with Gasteiger partial charge in [0.15, 0.2) is 0 Å². The van der Waals surface area contributed by atoms with Gasteiger partial charge in [-0.1, -0.05) is 26.0 Å². The van der Waals surface area contributed by atoms with Gasteiger partial charge in [-0.05, 0) is 23.6 Å². The van der Waals surface area contributed by atoms with Gasteiger partial charge in [0.2, 0.25) is 5.91 Å². The second-order valence-corrected chi connectivity index (χ2v) is 5.21. The Labute approximate surface area is 112 Å². The normalized spacial score (nSPS) is 21.9. The Hall–Kier alpha value is -1.78. The van der Waals surface area contributed by atoms with Crippen molar-refractivity contribution in [2.75, 3.05) is 6.54 Å². The van der Waals surface area contributed by atoms with Crippen LogP contribution in [0.4, 0.5) is 4.39 Å². The SMILES string of the molecule is CC(C)CC(=O)NC1CN=NC1c1ccc(F)cc1. The van der Waals surface area contributed by atoms with Crippen LogP contribution in [0.25, 0.3) is 0 Å². The number of nitrogens with zero attached hydrogens (tertiary/aromatic N) is 2. The number of halogens is 1. The van der Waals surface area contributed by atoms with Gasteiger partial charge in [-0.25, -0.2) is 4.39 Å². The molecule has 0 aromatic heterocycles. The molecule has 0 saturated heterocycles. The van der Waals surface area contributed by atoms with Crippen molar-refractivity contribution in [1.82, 2.24) is 5.32 Å². The number of azo groups is 1. The van der Waals surface area contributed by atoms with Gasteiger partial charge in [0.1, 0.15) is 11.9 Å². The van der Waals surface area contributed by atoms with Crippen LogP contribution in [0.3, 0.4) is 0 Å². The minimum Gasteiger partial charge on any atom is -0.349 e. The average molecular weight is 263 g/mol. The molecule has 0 spiro atoms. The molecular weight excluding hydrogens is 245 g/mol. The topological polar surface area (TPSA) is 53.8 Å². The van der Waals surface area contributed by atoms with Crippen LogP contribution >= 0.6 is 0 Å². The molecule has 1 N–H and O–H groups in total. The molecule has 1 aromatic carbocycles. The smallest absolute Gasteiger partial charge is 0.220 e. The molecule has 1 heterocycles. The van der Waals surface area contributed by atoms with Gasteiger partial charge in [0, 0.05) is 6.42 Å². The molecule has 0 radical (unpaired) electrons. The number of nitrogens with one attached hydrogen (secondary N) is 1. The zero-order valence-electron chi connectivity index (χ0n) is 11.1. The molecule has 1 amide bonds. The molecule has 102 valence electrons. The van der Waals surface area contributed by atoms with Gasteiger partial charge in [0.25, 0.3) is 0 Å². The molecule has 2 rings (SSSR count). The number of hydrogen-bond acceptors (Lipinski definition) is 3. The standard InChI is InChI=1S/C14H18FN3O/c1-9(2)7-13(19)17-12-8-16-18-14(12)10-3-5-11(15)6-4-10/h3-6,9,12,14H,7-8H2,1-2H3,(H,17,19). The summed E-state index contributed by atoms with van der Waals surface area (Å²) in [7, 11) is 0. The fraction of sp³-hybridized carbons (Fsp3) is 0.500. The number of hydrogen-bond donors (Lipinski definition) is 1. The molecule has 1 aliphatic rings. The predicted octanol–water partition coefficient (Wildman–Crippen LogP) is 2.86. The third kappa shape index (κ3) is 3.59. The lowest BCUT2D eigenvalue weighted by Crippen LogP contribution is -2.39. The van der Waals surface area contributed by atoms with Crippen LogP contribution in [0, 0.1) is 11.7 Å². The van der Waals surface area contributed by atoms with Gasteiger partial charge in [-0.3, -0.25) is 4.79 Å². The van der Waals surface area contributed by atoms with E-state index in [2.05, 4.69) is 15.5 Å². The van der Waals surface area contributed by atoms with Crippen molar-refractivity contribution in [3.63, 3.8) is 0 Å². The van der Waals surface area contributed by atoms with E-state index in [1.165, 1.54) is 12.1 Å². The van der Waals surface area contributed by atoms with Crippen molar-refractivity contribution in [1.29, 1.82) is 0 Å². The molecule has 19 heavy (non-hydrogen) atoms. The number of carbonyl (C=O) groups excluding carboxylic acids is 1. The van der Waals surface area contributed by atoms with Crippen LogP contribution in [0.5, 0.6) is 0 Å². The Bertz CT molecular complexity index is 470. The molecule has 0 aliphatic carbocycles. The molecule has 0 bridgehead atoms. The monoisotopic (exact) mass is 263 g/mol. The lowest BCUT2D eigenvalue weighted by atomic mass is 10.0. The third-order valence-electron chi connectivity index (χ3n) is 3.02. The first-order chi connectivity index (χ1) is 9.06. The number of benzene rings is 1. The van der Waals surface area contributed by atoms with Crippen LogP contribution < -0.4 is 5.32 Å². The van der Waals surface area contributed by atoms with E-state index in [-0.39, 0.29) is 23.8 Å². The molecule has 2 unspecified atom stereocenters. The van der Waals surface area contributed by atoms with Crippen LogP contribution in [-0.4, -0.2) is 18.5 Å². The molecule has 1 aliphatic heterocycles. The maximum Gasteiger partial charge on any atom is 0.220 e. The third-order valence-corrected chi connectivity index (χ3v) is 3.02. The Balaban J connectivity index is 2.02. The van der Waals surface area contributed by atoms with E-state index >= 15 is 0 Å². The van der Waals surface area contributed by atoms with Crippen molar-refractivity contribution in [3.05, 3.63) is 35.6 Å². The average Bonchev–Trinajstić information content (AvgIpc) is 2.77. The lowest BCUT2D eigenvalue weighted by Gasteiger charge is -2.19. The fourth-order valence-electron chi connectivity index (χ4n) is 2.12. The molecule has 0 saturated carbocycles. The van der Waals surface area contributed by atoms with E-state index in [0.29, 0.717) is 18.9 Å². The van der Waals surface area contributed by atoms with Crippen LogP contribution in [-0.2, 0) is 4.79 Å². The molecule has 2 atom stereocenters. The minimum atomic E-state index is -0.279. The second-order valence-electron chi connectivity index (χ2n) is 5.21. The predicted molar refractivity (Wildman–Crippen MR) is 70.2 cm³/mol. The van der Waals surface area contributed by atoms with E-state index < -0.39 is 0 Å². The first-order valence-corrected chi connectivity index (χ1v) is 6.47. The maximum atomic E-state index is 12.9. The summed E-state index contributed by atoms with van der Waals surface area (Å²) in [6, 6.07) is 5.83. The summed E-state index contributed by atoms with van der Waals surface area (Å²) in [6.07, 6.45) is 0.493. The quantitative estimate of drug-likeness (QED) is 0.892. The van der Waals surface area contributed by atoms with Crippen LogP contribution in [0.1, 0.15) is 31.9 Å². The maximum absolute atomic E-state index is 12.9. The lowest BCUT2D eigenvalue weighted by molar-refractivity contribution is -0.122. The Morgan fingerprint density at radius 2 is 2.11 bits per heavy atom. The number of amides is 1. The van der Waals surface area contributed by atoms with E-state index in [9.17, 15) is 9.18 Å². The van der Waals surface area contributed by atoms with Gasteiger partial charge in [0.05, 0.1) is 12.6 Å². The molecule has 1 aromatic rings. The second kappa shape index (κ2) is 5.91. The minimum absolute atomic E-state index is 0.0133. The molecule has 4 nitrogen and oxygen atoms in total. The van der Waals surface area contributed by atoms with Crippen molar-refractivity contribution < 1.29 is 9.18 Å².